The first kappa shape index (κ1) is 13.0. The van der Waals surface area contributed by atoms with Crippen molar-refractivity contribution in [1.29, 1.82) is 0 Å². The Hall–Kier alpha value is -2.08. The second kappa shape index (κ2) is 5.86. The van der Waals surface area contributed by atoms with E-state index in [0.29, 0.717) is 5.65 Å². The Morgan fingerprint density at radius 1 is 1.41 bits per heavy atom. The average molecular weight is 232 g/mol. The number of terminal acetylenes is 1. The van der Waals surface area contributed by atoms with Crippen molar-refractivity contribution in [3.63, 3.8) is 0 Å². The summed E-state index contributed by atoms with van der Waals surface area (Å²) in [7, 11) is 0. The van der Waals surface area contributed by atoms with Crippen LogP contribution in [-0.4, -0.2) is 9.38 Å². The van der Waals surface area contributed by atoms with Crippen LogP contribution in [0.25, 0.3) is 5.65 Å². The van der Waals surface area contributed by atoms with E-state index in [4.69, 9.17) is 6.42 Å². The molecule has 2 nitrogen and oxygen atoms in total. The molecule has 2 heterocycles. The van der Waals surface area contributed by atoms with E-state index in [1.165, 1.54) is 6.07 Å². The predicted octanol–water partition coefficient (Wildman–Crippen LogP) is 3.59. The van der Waals surface area contributed by atoms with Gasteiger partial charge in [-0.05, 0) is 20.8 Å². The Bertz CT molecular complexity index is 575. The first-order valence-corrected chi connectivity index (χ1v) is 5.31. The molecule has 2 rings (SSSR count). The number of nitrogens with zero attached hydrogens (tertiary/aromatic N) is 2. The number of rotatable bonds is 0. The molecule has 0 N–H and O–H groups in total. The first-order valence-electron chi connectivity index (χ1n) is 5.31. The quantitative estimate of drug-likeness (QED) is 0.501. The van der Waals surface area contributed by atoms with Crippen LogP contribution in [-0.2, 0) is 0 Å². The summed E-state index contributed by atoms with van der Waals surface area (Å²) in [5.74, 6) is 1.87. The number of hydrogen-bond acceptors (Lipinski definition) is 1. The maximum absolute atomic E-state index is 13.1. The van der Waals surface area contributed by atoms with Gasteiger partial charge in [0.05, 0.1) is 11.3 Å². The van der Waals surface area contributed by atoms with Gasteiger partial charge in [-0.2, -0.15) is 0 Å². The molecule has 0 bridgehead atoms. The number of pyridine rings is 1. The lowest BCUT2D eigenvalue weighted by Gasteiger charge is -1.96. The molecular weight excluding hydrogens is 215 g/mol. The normalized spacial score (nSPS) is 10.1. The number of fused-ring (bicyclic) bond motifs is 1. The molecule has 2 aromatic heterocycles. The van der Waals surface area contributed by atoms with Gasteiger partial charge in [0.2, 0.25) is 0 Å². The van der Waals surface area contributed by atoms with Gasteiger partial charge in [-0.15, -0.1) is 6.42 Å². The molecular formula is C14H17FN2. The number of aryl methyl sites for hydroxylation is 1. The van der Waals surface area contributed by atoms with Gasteiger partial charge in [0.15, 0.2) is 0 Å². The fourth-order valence-electron chi connectivity index (χ4n) is 1.24. The minimum absolute atomic E-state index is 0. The molecule has 0 radical (unpaired) electrons. The highest BCUT2D eigenvalue weighted by Gasteiger charge is 2.03. The van der Waals surface area contributed by atoms with E-state index in [9.17, 15) is 4.39 Å². The zero-order chi connectivity index (χ0) is 12.8. The zero-order valence-corrected chi connectivity index (χ0v) is 10.2. The Morgan fingerprint density at radius 2 is 2.06 bits per heavy atom. The molecule has 0 saturated heterocycles. The van der Waals surface area contributed by atoms with E-state index in [-0.39, 0.29) is 6.99 Å². The molecule has 0 atom stereocenters. The zero-order valence-electron chi connectivity index (χ0n) is 10.2. The van der Waals surface area contributed by atoms with Crippen molar-refractivity contribution < 1.29 is 5.82 Å². The van der Waals surface area contributed by atoms with Gasteiger partial charge in [0.1, 0.15) is 11.5 Å². The Balaban J connectivity index is 0.000000512. The number of halogens is 1. The van der Waals surface area contributed by atoms with E-state index >= 15 is 0 Å². The van der Waals surface area contributed by atoms with Crippen LogP contribution in [0.5, 0.6) is 0 Å². The van der Waals surface area contributed by atoms with Gasteiger partial charge in [-0.25, -0.2) is 9.37 Å². The Kier molecular flexibility index (Phi) is 4.47. The fourth-order valence-corrected chi connectivity index (χ4v) is 1.24. The first-order chi connectivity index (χ1) is 8.12. The van der Waals surface area contributed by atoms with Crippen LogP contribution >= 0.6 is 0 Å². The molecule has 2 aromatic rings. The third-order valence-corrected chi connectivity index (χ3v) is 2.15. The SMILES string of the molecule is C#Cc1cn2cc(C)nc2cc1F.C/C=C\C.[HH]. The summed E-state index contributed by atoms with van der Waals surface area (Å²) >= 11 is 0. The molecule has 0 aliphatic carbocycles. The summed E-state index contributed by atoms with van der Waals surface area (Å²) in [6.45, 7) is 5.85. The maximum Gasteiger partial charge on any atom is 0.144 e. The molecule has 0 aliphatic heterocycles. The number of allylic oxidation sites excluding steroid dienone is 2. The molecule has 3 heteroatoms. The molecule has 0 amide bonds. The highest BCUT2D eigenvalue weighted by atomic mass is 19.1. The number of imidazole rings is 1. The molecule has 0 saturated carbocycles. The van der Waals surface area contributed by atoms with Crippen LogP contribution in [0.2, 0.25) is 0 Å². The van der Waals surface area contributed by atoms with E-state index in [1.54, 1.807) is 16.8 Å². The van der Waals surface area contributed by atoms with Crippen molar-refractivity contribution in [2.75, 3.05) is 0 Å². The van der Waals surface area contributed by atoms with Gasteiger partial charge in [0.25, 0.3) is 0 Å². The highest BCUT2D eigenvalue weighted by molar-refractivity contribution is 5.45. The molecule has 90 valence electrons. The van der Waals surface area contributed by atoms with Crippen LogP contribution in [0.3, 0.4) is 0 Å². The second-order valence-corrected chi connectivity index (χ2v) is 3.49. The largest absolute Gasteiger partial charge is 0.305 e. The van der Waals surface area contributed by atoms with Crippen LogP contribution in [0, 0.1) is 25.1 Å². The van der Waals surface area contributed by atoms with E-state index in [2.05, 4.69) is 10.9 Å². The third-order valence-electron chi connectivity index (χ3n) is 2.15. The Morgan fingerprint density at radius 3 is 2.59 bits per heavy atom. The number of hydrogen-bond donors (Lipinski definition) is 0. The lowest BCUT2D eigenvalue weighted by molar-refractivity contribution is 0.623. The van der Waals surface area contributed by atoms with Crippen molar-refractivity contribution in [1.82, 2.24) is 9.38 Å². The summed E-state index contributed by atoms with van der Waals surface area (Å²) < 4.78 is 14.8. The van der Waals surface area contributed by atoms with Crippen molar-refractivity contribution in [3.8, 4) is 12.3 Å². The maximum atomic E-state index is 13.1. The summed E-state index contributed by atoms with van der Waals surface area (Å²) in [4.78, 5) is 4.10. The van der Waals surface area contributed by atoms with Crippen molar-refractivity contribution in [2.24, 2.45) is 0 Å². The van der Waals surface area contributed by atoms with Crippen molar-refractivity contribution in [2.45, 2.75) is 20.8 Å². The lowest BCUT2D eigenvalue weighted by atomic mass is 10.3. The molecule has 0 fully saturated rings. The number of aromatic nitrogens is 2. The predicted molar refractivity (Wildman–Crippen MR) is 70.4 cm³/mol. The van der Waals surface area contributed by atoms with Gasteiger partial charge < -0.3 is 4.40 Å². The molecule has 0 aliphatic rings. The van der Waals surface area contributed by atoms with Crippen LogP contribution in [0.4, 0.5) is 4.39 Å². The van der Waals surface area contributed by atoms with Crippen LogP contribution in [0.1, 0.15) is 26.5 Å². The lowest BCUT2D eigenvalue weighted by Crippen LogP contribution is -1.90. The minimum atomic E-state index is -0.402. The van der Waals surface area contributed by atoms with Gasteiger partial charge in [-0.3, -0.25) is 0 Å². The summed E-state index contributed by atoms with van der Waals surface area (Å²) in [5, 5.41) is 0. The van der Waals surface area contributed by atoms with Crippen molar-refractivity contribution in [3.05, 3.63) is 47.7 Å². The average Bonchev–Trinajstić information content (AvgIpc) is 2.67. The van der Waals surface area contributed by atoms with E-state index < -0.39 is 5.82 Å². The van der Waals surface area contributed by atoms with Gasteiger partial charge >= 0.3 is 0 Å². The topological polar surface area (TPSA) is 17.3 Å². The summed E-state index contributed by atoms with van der Waals surface area (Å²) in [6, 6.07) is 1.34. The van der Waals surface area contributed by atoms with Crippen LogP contribution < -0.4 is 0 Å². The molecule has 0 aromatic carbocycles. The monoisotopic (exact) mass is 232 g/mol. The van der Waals surface area contributed by atoms with E-state index in [0.717, 1.165) is 5.69 Å². The standard InChI is InChI=1S/C10H7FN2.C4H8.H2/c1-3-8-6-13-5-7(2)12-10(13)4-9(8)11;1-3-4-2;/h1,4-6H,2H3;3-4H,1-2H3;1H/b;4-3-;. The Labute approximate surface area is 102 Å². The van der Waals surface area contributed by atoms with Crippen LogP contribution in [0.15, 0.2) is 30.6 Å². The third kappa shape index (κ3) is 3.18. The summed E-state index contributed by atoms with van der Waals surface area (Å²) in [6.07, 6.45) is 12.5. The highest BCUT2D eigenvalue weighted by Crippen LogP contribution is 2.10. The molecule has 0 unspecified atom stereocenters. The van der Waals surface area contributed by atoms with E-state index in [1.807, 2.05) is 32.9 Å². The van der Waals surface area contributed by atoms with Gasteiger partial charge in [-0.1, -0.05) is 18.1 Å². The fraction of sp³-hybridized carbons (Fsp3) is 0.214. The smallest absolute Gasteiger partial charge is 0.144 e. The minimum Gasteiger partial charge on any atom is -0.305 e. The molecule has 0 spiro atoms. The second-order valence-electron chi connectivity index (χ2n) is 3.49. The van der Waals surface area contributed by atoms with Crippen molar-refractivity contribution >= 4 is 5.65 Å². The molecule has 17 heavy (non-hydrogen) atoms. The van der Waals surface area contributed by atoms with Gasteiger partial charge in [0, 0.05) is 19.9 Å². The summed E-state index contributed by atoms with van der Waals surface area (Å²) in [5.41, 5.74) is 1.67.